The van der Waals surface area contributed by atoms with Crippen molar-refractivity contribution in [3.63, 3.8) is 0 Å². The van der Waals surface area contributed by atoms with Gasteiger partial charge in [-0.25, -0.2) is 0 Å². The maximum absolute atomic E-state index is 4.17. The molecule has 1 heterocycles. The molecule has 74 valence electrons. The third-order valence-electron chi connectivity index (χ3n) is 2.45. The summed E-state index contributed by atoms with van der Waals surface area (Å²) in [5.41, 5.74) is 4.05. The smallest absolute Gasteiger partial charge is 0.0373 e. The van der Waals surface area contributed by atoms with E-state index in [1.54, 1.807) is 0 Å². The van der Waals surface area contributed by atoms with Crippen LogP contribution in [0.3, 0.4) is 0 Å². The van der Waals surface area contributed by atoms with Gasteiger partial charge < -0.3 is 5.32 Å². The zero-order chi connectivity index (χ0) is 9.80. The van der Waals surface area contributed by atoms with E-state index in [-0.39, 0.29) is 0 Å². The van der Waals surface area contributed by atoms with Crippen molar-refractivity contribution in [2.45, 2.75) is 12.8 Å². The minimum absolute atomic E-state index is 0.920. The van der Waals surface area contributed by atoms with Crippen molar-refractivity contribution in [3.8, 4) is 0 Å². The van der Waals surface area contributed by atoms with E-state index in [4.69, 9.17) is 0 Å². The largest absolute Gasteiger partial charge is 0.384 e. The Labute approximate surface area is 90.6 Å². The number of benzene rings is 1. The van der Waals surface area contributed by atoms with E-state index in [2.05, 4.69) is 48.3 Å². The lowest BCUT2D eigenvalue weighted by atomic mass is 10.1. The standard InChI is InChI=1S/C12H15NS/c14-8-2-1-3-10-4-5-12-11(9-10)6-7-13-12/h1,3-5,9,13-14H,2,6-8H2. The summed E-state index contributed by atoms with van der Waals surface area (Å²) in [5.74, 6) is 0.920. The van der Waals surface area contributed by atoms with Crippen LogP contribution in [-0.4, -0.2) is 12.3 Å². The average molecular weight is 205 g/mol. The molecule has 1 aromatic rings. The lowest BCUT2D eigenvalue weighted by molar-refractivity contribution is 1.11. The van der Waals surface area contributed by atoms with Gasteiger partial charge in [-0.05, 0) is 41.9 Å². The predicted octanol–water partition coefficient (Wildman–Crippen LogP) is 2.99. The van der Waals surface area contributed by atoms with Crippen LogP contribution in [0.5, 0.6) is 0 Å². The van der Waals surface area contributed by atoms with Crippen molar-refractivity contribution in [3.05, 3.63) is 35.4 Å². The van der Waals surface area contributed by atoms with E-state index in [1.165, 1.54) is 16.8 Å². The molecule has 1 aliphatic rings. The molecule has 0 amide bonds. The van der Waals surface area contributed by atoms with Crippen LogP contribution in [0.2, 0.25) is 0 Å². The minimum atomic E-state index is 0.920. The first-order valence-corrected chi connectivity index (χ1v) is 5.67. The first-order chi connectivity index (χ1) is 6.90. The zero-order valence-corrected chi connectivity index (χ0v) is 9.06. The van der Waals surface area contributed by atoms with Crippen molar-refractivity contribution >= 4 is 24.4 Å². The lowest BCUT2D eigenvalue weighted by Crippen LogP contribution is -1.90. The quantitative estimate of drug-likeness (QED) is 0.723. The molecular formula is C12H15NS. The highest BCUT2D eigenvalue weighted by Gasteiger charge is 2.08. The second-order valence-electron chi connectivity index (χ2n) is 3.51. The van der Waals surface area contributed by atoms with Gasteiger partial charge in [0.25, 0.3) is 0 Å². The van der Waals surface area contributed by atoms with E-state index in [0.717, 1.165) is 25.1 Å². The number of anilines is 1. The summed E-state index contributed by atoms with van der Waals surface area (Å²) in [6.07, 6.45) is 6.55. The molecule has 0 saturated carbocycles. The van der Waals surface area contributed by atoms with Gasteiger partial charge in [-0.1, -0.05) is 18.2 Å². The van der Waals surface area contributed by atoms with Crippen LogP contribution in [0.4, 0.5) is 5.69 Å². The number of hydrogen-bond acceptors (Lipinski definition) is 2. The van der Waals surface area contributed by atoms with Gasteiger partial charge in [-0.3, -0.25) is 0 Å². The van der Waals surface area contributed by atoms with Crippen molar-refractivity contribution in [2.75, 3.05) is 17.6 Å². The highest BCUT2D eigenvalue weighted by Crippen LogP contribution is 2.23. The van der Waals surface area contributed by atoms with Gasteiger partial charge >= 0.3 is 0 Å². The van der Waals surface area contributed by atoms with Crippen LogP contribution in [0.1, 0.15) is 17.5 Å². The molecule has 2 heteroatoms. The highest BCUT2D eigenvalue weighted by molar-refractivity contribution is 7.80. The molecule has 0 saturated heterocycles. The summed E-state index contributed by atoms with van der Waals surface area (Å²) < 4.78 is 0. The van der Waals surface area contributed by atoms with Crippen LogP contribution in [0.15, 0.2) is 24.3 Å². The molecule has 1 aliphatic heterocycles. The lowest BCUT2D eigenvalue weighted by Gasteiger charge is -2.00. The predicted molar refractivity (Wildman–Crippen MR) is 66.1 cm³/mol. The second kappa shape index (κ2) is 4.56. The van der Waals surface area contributed by atoms with E-state index in [0.29, 0.717) is 0 Å². The van der Waals surface area contributed by atoms with Gasteiger partial charge in [0.2, 0.25) is 0 Å². The molecule has 0 aliphatic carbocycles. The fourth-order valence-corrected chi connectivity index (χ4v) is 1.87. The van der Waals surface area contributed by atoms with Crippen molar-refractivity contribution < 1.29 is 0 Å². The van der Waals surface area contributed by atoms with Crippen molar-refractivity contribution in [2.24, 2.45) is 0 Å². The van der Waals surface area contributed by atoms with E-state index < -0.39 is 0 Å². The van der Waals surface area contributed by atoms with Crippen molar-refractivity contribution in [1.29, 1.82) is 0 Å². The minimum Gasteiger partial charge on any atom is -0.384 e. The molecule has 0 bridgehead atoms. The van der Waals surface area contributed by atoms with Crippen LogP contribution < -0.4 is 5.32 Å². The Bertz CT molecular complexity index is 344. The SMILES string of the molecule is SCCC=Cc1ccc2c(c1)CCN2. The summed E-state index contributed by atoms with van der Waals surface area (Å²) in [7, 11) is 0. The fourth-order valence-electron chi connectivity index (χ4n) is 1.72. The molecule has 0 unspecified atom stereocenters. The van der Waals surface area contributed by atoms with Crippen LogP contribution in [0.25, 0.3) is 6.08 Å². The maximum Gasteiger partial charge on any atom is 0.0373 e. The summed E-state index contributed by atoms with van der Waals surface area (Å²) in [4.78, 5) is 0. The molecule has 1 nitrogen and oxygen atoms in total. The average Bonchev–Trinajstić information content (AvgIpc) is 2.65. The molecule has 2 rings (SSSR count). The Morgan fingerprint density at radius 1 is 1.43 bits per heavy atom. The van der Waals surface area contributed by atoms with Crippen LogP contribution in [-0.2, 0) is 6.42 Å². The number of thiol groups is 1. The zero-order valence-electron chi connectivity index (χ0n) is 8.16. The van der Waals surface area contributed by atoms with Crippen LogP contribution >= 0.6 is 12.6 Å². The Morgan fingerprint density at radius 2 is 2.36 bits per heavy atom. The van der Waals surface area contributed by atoms with E-state index >= 15 is 0 Å². The molecule has 0 atom stereocenters. The molecule has 0 aromatic heterocycles. The van der Waals surface area contributed by atoms with Gasteiger partial charge in [0.1, 0.15) is 0 Å². The summed E-state index contributed by atoms with van der Waals surface area (Å²) in [6.45, 7) is 1.08. The first kappa shape index (κ1) is 9.66. The summed E-state index contributed by atoms with van der Waals surface area (Å²) >= 11 is 4.17. The number of nitrogens with one attached hydrogen (secondary N) is 1. The normalized spacial score (nSPS) is 14.4. The van der Waals surface area contributed by atoms with Gasteiger partial charge in [0.05, 0.1) is 0 Å². The third kappa shape index (κ3) is 2.13. The molecular weight excluding hydrogens is 190 g/mol. The maximum atomic E-state index is 4.17. The van der Waals surface area contributed by atoms with Gasteiger partial charge in [-0.2, -0.15) is 12.6 Å². The van der Waals surface area contributed by atoms with Gasteiger partial charge in [-0.15, -0.1) is 0 Å². The highest BCUT2D eigenvalue weighted by atomic mass is 32.1. The Kier molecular flexibility index (Phi) is 3.14. The summed E-state index contributed by atoms with van der Waals surface area (Å²) in [5, 5.41) is 3.36. The topological polar surface area (TPSA) is 12.0 Å². The third-order valence-corrected chi connectivity index (χ3v) is 2.70. The van der Waals surface area contributed by atoms with E-state index in [1.807, 2.05) is 0 Å². The number of allylic oxidation sites excluding steroid dienone is 1. The number of rotatable bonds is 3. The Morgan fingerprint density at radius 3 is 3.21 bits per heavy atom. The number of fused-ring (bicyclic) bond motifs is 1. The fraction of sp³-hybridized carbons (Fsp3) is 0.333. The van der Waals surface area contributed by atoms with E-state index in [9.17, 15) is 0 Å². The molecule has 1 N–H and O–H groups in total. The summed E-state index contributed by atoms with van der Waals surface area (Å²) in [6, 6.07) is 6.60. The molecule has 0 radical (unpaired) electrons. The number of hydrogen-bond donors (Lipinski definition) is 2. The molecule has 0 spiro atoms. The first-order valence-electron chi connectivity index (χ1n) is 5.04. The van der Waals surface area contributed by atoms with Crippen LogP contribution in [0, 0.1) is 0 Å². The Hall–Kier alpha value is -0.890. The van der Waals surface area contributed by atoms with Crippen molar-refractivity contribution in [1.82, 2.24) is 0 Å². The Balaban J connectivity index is 2.12. The monoisotopic (exact) mass is 205 g/mol. The molecule has 0 fully saturated rings. The molecule has 14 heavy (non-hydrogen) atoms. The van der Waals surface area contributed by atoms with Gasteiger partial charge in [0, 0.05) is 12.2 Å². The van der Waals surface area contributed by atoms with Gasteiger partial charge in [0.15, 0.2) is 0 Å². The second-order valence-corrected chi connectivity index (χ2v) is 3.96. The molecule has 1 aromatic carbocycles.